The van der Waals surface area contributed by atoms with Gasteiger partial charge in [-0.3, -0.25) is 0 Å². The molecule has 2 atom stereocenters. The van der Waals surface area contributed by atoms with Gasteiger partial charge < -0.3 is 0 Å². The lowest BCUT2D eigenvalue weighted by Crippen LogP contribution is -2.13. The number of hydrogen-bond donors (Lipinski definition) is 0. The average molecular weight is 333 g/mol. The van der Waals surface area contributed by atoms with E-state index in [1.54, 1.807) is 0 Å². The third kappa shape index (κ3) is 3.74. The molecule has 21 heavy (non-hydrogen) atoms. The van der Waals surface area contributed by atoms with Crippen molar-refractivity contribution in [2.45, 2.75) is 16.1 Å². The van der Waals surface area contributed by atoms with Gasteiger partial charge in [-0.1, -0.05) is 59.6 Å². The summed E-state index contributed by atoms with van der Waals surface area (Å²) < 4.78 is 0. The van der Waals surface area contributed by atoms with Crippen LogP contribution in [0, 0.1) is 0 Å². The fraction of sp³-hybridized carbons (Fsp3) is 0.111. The normalized spacial score (nSPS) is 20.7. The van der Waals surface area contributed by atoms with Crippen LogP contribution in [0.3, 0.4) is 0 Å². The zero-order chi connectivity index (χ0) is 14.7. The Bertz CT molecular complexity index is 657. The van der Waals surface area contributed by atoms with Crippen LogP contribution < -0.4 is 0 Å². The Labute approximate surface area is 139 Å². The Morgan fingerprint density at radius 1 is 0.714 bits per heavy atom. The molecular weight excluding hydrogens is 319 g/mol. The van der Waals surface area contributed by atoms with Crippen LogP contribution in [0.2, 0.25) is 10.0 Å². The molecule has 0 N–H and O–H groups in total. The van der Waals surface area contributed by atoms with Crippen LogP contribution in [0.4, 0.5) is 0 Å². The van der Waals surface area contributed by atoms with Crippen LogP contribution in [-0.2, 0) is 0 Å². The zero-order valence-electron chi connectivity index (χ0n) is 11.2. The first-order valence-electron chi connectivity index (χ1n) is 6.75. The van der Waals surface area contributed by atoms with E-state index >= 15 is 0 Å². The number of thioether (sulfide) groups is 1. The Balaban J connectivity index is 1.82. The highest BCUT2D eigenvalue weighted by atomic mass is 35.5. The molecule has 0 saturated heterocycles. The first kappa shape index (κ1) is 14.8. The fourth-order valence-electron chi connectivity index (χ4n) is 2.36. The zero-order valence-corrected chi connectivity index (χ0v) is 13.6. The van der Waals surface area contributed by atoms with Gasteiger partial charge in [0, 0.05) is 26.1 Å². The molecule has 2 unspecified atom stereocenters. The van der Waals surface area contributed by atoms with Crippen LogP contribution in [0.15, 0.2) is 77.7 Å². The van der Waals surface area contributed by atoms with Crippen LogP contribution in [-0.4, -0.2) is 5.25 Å². The van der Waals surface area contributed by atoms with Gasteiger partial charge in [-0.05, 0) is 42.0 Å². The minimum absolute atomic E-state index is 0.355. The highest BCUT2D eigenvalue weighted by Gasteiger charge is 2.21. The standard InChI is InChI=1S/C18H14Cl2S/c19-14-7-5-13(6-8-14)17-3-1-2-4-18(17)21-16-11-9-15(20)10-12-16/h1-12,17-18H. The fourth-order valence-corrected chi connectivity index (χ4v) is 3.78. The van der Waals surface area contributed by atoms with Gasteiger partial charge in [0.1, 0.15) is 0 Å². The number of halogens is 2. The van der Waals surface area contributed by atoms with Crippen molar-refractivity contribution in [2.75, 3.05) is 0 Å². The van der Waals surface area contributed by atoms with Crippen molar-refractivity contribution < 1.29 is 0 Å². The monoisotopic (exact) mass is 332 g/mol. The van der Waals surface area contributed by atoms with Gasteiger partial charge in [0.25, 0.3) is 0 Å². The first-order valence-corrected chi connectivity index (χ1v) is 8.38. The van der Waals surface area contributed by atoms with Gasteiger partial charge >= 0.3 is 0 Å². The van der Waals surface area contributed by atoms with Crippen molar-refractivity contribution in [3.8, 4) is 0 Å². The summed E-state index contributed by atoms with van der Waals surface area (Å²) in [6, 6.07) is 16.1. The maximum atomic E-state index is 5.98. The Morgan fingerprint density at radius 2 is 1.29 bits per heavy atom. The van der Waals surface area contributed by atoms with Crippen molar-refractivity contribution in [3.05, 3.63) is 88.4 Å². The Hall–Kier alpha value is -1.15. The van der Waals surface area contributed by atoms with E-state index < -0.39 is 0 Å². The van der Waals surface area contributed by atoms with Crippen LogP contribution in [0.1, 0.15) is 11.5 Å². The summed E-state index contributed by atoms with van der Waals surface area (Å²) in [5, 5.41) is 1.92. The summed E-state index contributed by atoms with van der Waals surface area (Å²) in [6.07, 6.45) is 8.72. The molecule has 3 rings (SSSR count). The predicted molar refractivity (Wildman–Crippen MR) is 93.6 cm³/mol. The van der Waals surface area contributed by atoms with Crippen LogP contribution in [0.5, 0.6) is 0 Å². The lowest BCUT2D eigenvalue weighted by atomic mass is 9.92. The molecule has 0 fully saturated rings. The molecule has 3 heteroatoms. The van der Waals surface area contributed by atoms with Crippen LogP contribution >= 0.6 is 35.0 Å². The molecule has 106 valence electrons. The average Bonchev–Trinajstić information content (AvgIpc) is 2.51. The molecule has 1 aliphatic carbocycles. The van der Waals surface area contributed by atoms with Gasteiger partial charge in [0.2, 0.25) is 0 Å². The van der Waals surface area contributed by atoms with Gasteiger partial charge in [0.15, 0.2) is 0 Å². The SMILES string of the molecule is Clc1ccc(SC2C=CC=CC2c2ccc(Cl)cc2)cc1. The molecule has 2 aromatic rings. The van der Waals surface area contributed by atoms with Gasteiger partial charge in [-0.15, -0.1) is 11.8 Å². The molecule has 0 saturated carbocycles. The summed E-state index contributed by atoms with van der Waals surface area (Å²) in [6.45, 7) is 0. The topological polar surface area (TPSA) is 0 Å². The molecule has 0 heterocycles. The third-order valence-electron chi connectivity index (χ3n) is 3.43. The molecule has 0 aromatic heterocycles. The molecular formula is C18H14Cl2S. The van der Waals surface area contributed by atoms with Gasteiger partial charge in [-0.25, -0.2) is 0 Å². The van der Waals surface area contributed by atoms with Gasteiger partial charge in [0.05, 0.1) is 0 Å². The van der Waals surface area contributed by atoms with Crippen molar-refractivity contribution >= 4 is 35.0 Å². The third-order valence-corrected chi connectivity index (χ3v) is 5.20. The number of hydrogen-bond acceptors (Lipinski definition) is 1. The smallest absolute Gasteiger partial charge is 0.0406 e. The summed E-state index contributed by atoms with van der Waals surface area (Å²) in [5.41, 5.74) is 1.28. The van der Waals surface area contributed by atoms with Gasteiger partial charge in [-0.2, -0.15) is 0 Å². The highest BCUT2D eigenvalue weighted by molar-refractivity contribution is 8.00. The quantitative estimate of drug-likeness (QED) is 0.629. The molecule has 0 aliphatic heterocycles. The molecule has 1 aliphatic rings. The van der Waals surface area contributed by atoms with Crippen LogP contribution in [0.25, 0.3) is 0 Å². The maximum absolute atomic E-state index is 5.98. The second-order valence-corrected chi connectivity index (χ2v) is 7.01. The van der Waals surface area contributed by atoms with Crippen molar-refractivity contribution in [2.24, 2.45) is 0 Å². The second-order valence-electron chi connectivity index (χ2n) is 4.88. The molecule has 2 aromatic carbocycles. The van der Waals surface area contributed by atoms with E-state index in [1.165, 1.54) is 10.5 Å². The minimum atomic E-state index is 0.355. The van der Waals surface area contributed by atoms with Crippen molar-refractivity contribution in [1.82, 2.24) is 0 Å². The summed E-state index contributed by atoms with van der Waals surface area (Å²) in [5.74, 6) is 0.355. The lowest BCUT2D eigenvalue weighted by molar-refractivity contribution is 0.870. The van der Waals surface area contributed by atoms with E-state index in [0.717, 1.165) is 10.0 Å². The molecule has 0 nitrogen and oxygen atoms in total. The molecule has 0 amide bonds. The summed E-state index contributed by atoms with van der Waals surface area (Å²) in [7, 11) is 0. The van der Waals surface area contributed by atoms with E-state index in [9.17, 15) is 0 Å². The van der Waals surface area contributed by atoms with E-state index in [0.29, 0.717) is 11.2 Å². The minimum Gasteiger partial charge on any atom is -0.118 e. The van der Waals surface area contributed by atoms with Crippen molar-refractivity contribution in [3.63, 3.8) is 0 Å². The number of allylic oxidation sites excluding steroid dienone is 3. The van der Waals surface area contributed by atoms with E-state index in [4.69, 9.17) is 23.2 Å². The molecule has 0 spiro atoms. The Kier molecular flexibility index (Phi) is 4.74. The van der Waals surface area contributed by atoms with E-state index in [2.05, 4.69) is 48.6 Å². The number of rotatable bonds is 3. The van der Waals surface area contributed by atoms with Crippen molar-refractivity contribution in [1.29, 1.82) is 0 Å². The number of benzene rings is 2. The molecule has 0 radical (unpaired) electrons. The lowest BCUT2D eigenvalue weighted by Gasteiger charge is -2.24. The van der Waals surface area contributed by atoms with E-state index in [1.807, 2.05) is 36.0 Å². The second kappa shape index (κ2) is 6.74. The summed E-state index contributed by atoms with van der Waals surface area (Å²) in [4.78, 5) is 1.23. The molecule has 0 bridgehead atoms. The van der Waals surface area contributed by atoms with E-state index in [-0.39, 0.29) is 0 Å². The largest absolute Gasteiger partial charge is 0.118 e. The Morgan fingerprint density at radius 3 is 1.95 bits per heavy atom. The maximum Gasteiger partial charge on any atom is 0.0406 e. The summed E-state index contributed by atoms with van der Waals surface area (Å²) >= 11 is 13.8. The highest BCUT2D eigenvalue weighted by Crippen LogP contribution is 2.37. The predicted octanol–water partition coefficient (Wildman–Crippen LogP) is 6.36. The first-order chi connectivity index (χ1) is 10.2.